The lowest BCUT2D eigenvalue weighted by Gasteiger charge is -2.19. The summed E-state index contributed by atoms with van der Waals surface area (Å²) in [6, 6.07) is 0. The maximum atomic E-state index is 12.5. The molecule has 0 unspecified atom stereocenters. The van der Waals surface area contributed by atoms with E-state index in [1.807, 2.05) is 20.8 Å². The molecular formula is C34H59N5O5. The summed E-state index contributed by atoms with van der Waals surface area (Å²) < 4.78 is 12.9. The van der Waals surface area contributed by atoms with Gasteiger partial charge in [-0.15, -0.1) is 0 Å². The average molecular weight is 618 g/mol. The number of anilines is 1. The van der Waals surface area contributed by atoms with Gasteiger partial charge in [-0.2, -0.15) is 4.98 Å². The molecule has 2 aromatic rings. The van der Waals surface area contributed by atoms with Crippen LogP contribution in [-0.4, -0.2) is 44.7 Å². The predicted octanol–water partition coefficient (Wildman–Crippen LogP) is 7.35. The Labute approximate surface area is 264 Å². The van der Waals surface area contributed by atoms with Gasteiger partial charge in [0.25, 0.3) is 5.56 Å². The molecule has 0 spiro atoms. The summed E-state index contributed by atoms with van der Waals surface area (Å²) in [5.74, 6) is -0.625. The van der Waals surface area contributed by atoms with Crippen LogP contribution in [0, 0.1) is 17.8 Å². The third kappa shape index (κ3) is 14.7. The van der Waals surface area contributed by atoms with Gasteiger partial charge in [0.2, 0.25) is 5.95 Å². The molecule has 3 N–H and O–H groups in total. The van der Waals surface area contributed by atoms with E-state index >= 15 is 0 Å². The molecule has 0 bridgehead atoms. The number of aromatic amines is 1. The first-order chi connectivity index (χ1) is 21.2. The monoisotopic (exact) mass is 617 g/mol. The van der Waals surface area contributed by atoms with Gasteiger partial charge in [-0.05, 0) is 18.8 Å². The van der Waals surface area contributed by atoms with Gasteiger partial charge < -0.3 is 19.8 Å². The third-order valence-corrected chi connectivity index (χ3v) is 8.55. The van der Waals surface area contributed by atoms with Crippen molar-refractivity contribution >= 4 is 29.1 Å². The van der Waals surface area contributed by atoms with Crippen LogP contribution in [0.5, 0.6) is 0 Å². The maximum Gasteiger partial charge on any atom is 0.308 e. The number of rotatable bonds is 25. The number of nitrogen functional groups attached to an aromatic ring is 1. The first-order valence-electron chi connectivity index (χ1n) is 17.3. The zero-order chi connectivity index (χ0) is 32.2. The van der Waals surface area contributed by atoms with Crippen molar-refractivity contribution in [1.82, 2.24) is 19.5 Å². The molecule has 0 aliphatic carbocycles. The number of hydrogen-bond donors (Lipinski definition) is 2. The Morgan fingerprint density at radius 2 is 1.45 bits per heavy atom. The van der Waals surface area contributed by atoms with Gasteiger partial charge in [0.15, 0.2) is 11.2 Å². The van der Waals surface area contributed by atoms with Crippen molar-refractivity contribution in [3.05, 3.63) is 16.7 Å². The largest absolute Gasteiger partial charge is 0.465 e. The Morgan fingerprint density at radius 1 is 0.886 bits per heavy atom. The first kappa shape index (κ1) is 37.3. The van der Waals surface area contributed by atoms with Crippen LogP contribution in [-0.2, 0) is 25.6 Å². The highest BCUT2D eigenvalue weighted by atomic mass is 16.5. The summed E-state index contributed by atoms with van der Waals surface area (Å²) in [5, 5.41) is 0. The van der Waals surface area contributed by atoms with Gasteiger partial charge in [-0.25, -0.2) is 4.98 Å². The number of H-pyrrole nitrogens is 1. The number of nitrogens with zero attached hydrogens (tertiary/aromatic N) is 3. The van der Waals surface area contributed by atoms with Crippen LogP contribution in [0.1, 0.15) is 137 Å². The molecule has 0 saturated heterocycles. The van der Waals surface area contributed by atoms with E-state index in [4.69, 9.17) is 15.2 Å². The molecule has 0 radical (unpaired) electrons. The fraction of sp³-hybridized carbons (Fsp3) is 0.794. The van der Waals surface area contributed by atoms with Gasteiger partial charge >= 0.3 is 11.9 Å². The number of carbonyl (C=O) groups is 2. The van der Waals surface area contributed by atoms with Gasteiger partial charge in [0, 0.05) is 18.9 Å². The van der Waals surface area contributed by atoms with E-state index in [0.29, 0.717) is 25.0 Å². The summed E-state index contributed by atoms with van der Waals surface area (Å²) in [5.41, 5.74) is 5.90. The SMILES string of the molecule is CCCCCCCCCCCCCCCCCC(=O)OC[C@H](CCOC(=O)[C@@H](C)C(C)C)Cn1cnc2c(=O)[nH]c(N)nc21. The van der Waals surface area contributed by atoms with E-state index in [2.05, 4.69) is 21.9 Å². The zero-order valence-corrected chi connectivity index (χ0v) is 27.9. The van der Waals surface area contributed by atoms with Gasteiger partial charge in [0.05, 0.1) is 25.5 Å². The van der Waals surface area contributed by atoms with E-state index < -0.39 is 5.56 Å². The van der Waals surface area contributed by atoms with Crippen molar-refractivity contribution in [2.24, 2.45) is 17.8 Å². The van der Waals surface area contributed by atoms with Crippen LogP contribution in [0.25, 0.3) is 11.2 Å². The Bertz CT molecular complexity index is 1140. The summed E-state index contributed by atoms with van der Waals surface area (Å²) in [6.07, 6.45) is 21.6. The second-order valence-corrected chi connectivity index (χ2v) is 12.8. The second kappa shape index (κ2) is 21.7. The molecule has 2 heterocycles. The van der Waals surface area contributed by atoms with Crippen LogP contribution in [0.2, 0.25) is 0 Å². The average Bonchev–Trinajstić information content (AvgIpc) is 3.39. The molecule has 0 fully saturated rings. The standard InChI is InChI=1S/C34H59N5O5/c1-5-6-7-8-9-10-11-12-13-14-15-16-17-18-19-20-29(40)44-24-28(21-22-43-33(42)27(4)26(2)3)23-39-25-36-30-31(39)37-34(35)38-32(30)41/h25-28H,5-24H2,1-4H3,(H3,35,37,38,41)/t27-,28+/m0/s1. The van der Waals surface area contributed by atoms with Crippen LogP contribution in [0.3, 0.4) is 0 Å². The third-order valence-electron chi connectivity index (χ3n) is 8.55. The number of fused-ring (bicyclic) bond motifs is 1. The second-order valence-electron chi connectivity index (χ2n) is 12.8. The molecule has 2 rings (SSSR count). The maximum absolute atomic E-state index is 12.5. The molecule has 0 aromatic carbocycles. The number of unbranched alkanes of at least 4 members (excludes halogenated alkanes) is 14. The minimum Gasteiger partial charge on any atom is -0.465 e. The number of nitrogens with two attached hydrogens (primary N) is 1. The quantitative estimate of drug-likeness (QED) is 0.0870. The topological polar surface area (TPSA) is 142 Å². The molecule has 250 valence electrons. The zero-order valence-electron chi connectivity index (χ0n) is 27.9. The molecule has 0 aliphatic rings. The van der Waals surface area contributed by atoms with Crippen molar-refractivity contribution in [3.63, 3.8) is 0 Å². The van der Waals surface area contributed by atoms with Crippen LogP contribution < -0.4 is 11.3 Å². The lowest BCUT2D eigenvalue weighted by atomic mass is 9.98. The molecule has 44 heavy (non-hydrogen) atoms. The highest BCUT2D eigenvalue weighted by molar-refractivity contribution is 5.72. The molecule has 10 nitrogen and oxygen atoms in total. The smallest absolute Gasteiger partial charge is 0.308 e. The van der Waals surface area contributed by atoms with Crippen LogP contribution in [0.15, 0.2) is 11.1 Å². The van der Waals surface area contributed by atoms with Crippen molar-refractivity contribution in [1.29, 1.82) is 0 Å². The Hall–Kier alpha value is -2.91. The molecule has 2 atom stereocenters. The molecule has 10 heteroatoms. The van der Waals surface area contributed by atoms with Gasteiger partial charge in [-0.3, -0.25) is 19.4 Å². The molecule has 2 aromatic heterocycles. The normalized spacial score (nSPS) is 12.9. The fourth-order valence-corrected chi connectivity index (χ4v) is 5.26. The van der Waals surface area contributed by atoms with E-state index in [0.717, 1.165) is 19.3 Å². The summed E-state index contributed by atoms with van der Waals surface area (Å²) >= 11 is 0. The lowest BCUT2D eigenvalue weighted by Crippen LogP contribution is -2.24. The van der Waals surface area contributed by atoms with Gasteiger partial charge in [-0.1, -0.05) is 118 Å². The Balaban J connectivity index is 1.69. The summed E-state index contributed by atoms with van der Waals surface area (Å²) in [4.78, 5) is 47.9. The first-order valence-corrected chi connectivity index (χ1v) is 17.3. The van der Waals surface area contributed by atoms with E-state index in [1.54, 1.807) is 4.57 Å². The van der Waals surface area contributed by atoms with Crippen LogP contribution >= 0.6 is 0 Å². The number of esters is 2. The van der Waals surface area contributed by atoms with Crippen molar-refractivity contribution in [2.75, 3.05) is 18.9 Å². The van der Waals surface area contributed by atoms with Crippen molar-refractivity contribution in [3.8, 4) is 0 Å². The number of aromatic nitrogens is 4. The minimum atomic E-state index is -0.408. The fourth-order valence-electron chi connectivity index (χ4n) is 5.26. The Kier molecular flexibility index (Phi) is 18.4. The van der Waals surface area contributed by atoms with Gasteiger partial charge in [0.1, 0.15) is 0 Å². The van der Waals surface area contributed by atoms with Crippen molar-refractivity contribution in [2.45, 2.75) is 143 Å². The van der Waals surface area contributed by atoms with E-state index in [-0.39, 0.29) is 54.4 Å². The van der Waals surface area contributed by atoms with E-state index in [9.17, 15) is 14.4 Å². The number of nitrogens with one attached hydrogen (secondary N) is 1. The highest BCUT2D eigenvalue weighted by Crippen LogP contribution is 2.17. The summed E-state index contributed by atoms with van der Waals surface area (Å²) in [6.45, 7) is 8.85. The molecule has 0 aliphatic heterocycles. The Morgan fingerprint density at radius 3 is 2.02 bits per heavy atom. The summed E-state index contributed by atoms with van der Waals surface area (Å²) in [7, 11) is 0. The number of ether oxygens (including phenoxy) is 2. The number of imidazole rings is 1. The number of carbonyl (C=O) groups excluding carboxylic acids is 2. The van der Waals surface area contributed by atoms with Crippen LogP contribution in [0.4, 0.5) is 5.95 Å². The minimum absolute atomic E-state index is 0.00679. The van der Waals surface area contributed by atoms with Crippen molar-refractivity contribution < 1.29 is 19.1 Å². The molecule has 0 saturated carbocycles. The highest BCUT2D eigenvalue weighted by Gasteiger charge is 2.21. The van der Waals surface area contributed by atoms with E-state index in [1.165, 1.54) is 83.4 Å². The predicted molar refractivity (Wildman–Crippen MR) is 176 cm³/mol. The number of hydrogen-bond acceptors (Lipinski definition) is 8. The molecular weight excluding hydrogens is 558 g/mol. The molecule has 0 amide bonds. The lowest BCUT2D eigenvalue weighted by molar-refractivity contribution is -0.151.